The molecule has 132 valence electrons. The lowest BCUT2D eigenvalue weighted by Gasteiger charge is -2.08. The number of nitrogens with zero attached hydrogens (tertiary/aromatic N) is 3. The summed E-state index contributed by atoms with van der Waals surface area (Å²) in [6, 6.07) is 1.96. The first-order valence-corrected chi connectivity index (χ1v) is 7.59. The van der Waals surface area contributed by atoms with Crippen molar-refractivity contribution in [3.8, 4) is 11.3 Å². The maximum Gasteiger partial charge on any atom is 0.226 e. The van der Waals surface area contributed by atoms with Crippen LogP contribution in [0.25, 0.3) is 16.8 Å². The topological polar surface area (TPSA) is 73.3 Å². The number of nitrogens with two attached hydrogens (primary N) is 1. The average molecular weight is 350 g/mol. The van der Waals surface area contributed by atoms with Crippen LogP contribution in [-0.2, 0) is 0 Å². The molecule has 0 aliphatic carbocycles. The molecule has 0 aliphatic heterocycles. The summed E-state index contributed by atoms with van der Waals surface area (Å²) >= 11 is 0. The molecular weight excluding hydrogens is 333 g/mol. The molecule has 2 heterocycles. The van der Waals surface area contributed by atoms with Crippen molar-refractivity contribution < 1.29 is 18.0 Å². The summed E-state index contributed by atoms with van der Waals surface area (Å²) in [5.41, 5.74) is 3.96. The largest absolute Gasteiger partial charge is 0.396 e. The SMILES string of the molecule is CC(=O)c1ncn2c(F)c(-c3c(F)ccc(N)c3F)ncc12.CCC. The molecule has 0 bridgehead atoms. The molecule has 0 fully saturated rings. The molecule has 0 spiro atoms. The van der Waals surface area contributed by atoms with Crippen LogP contribution in [0.15, 0.2) is 24.7 Å². The van der Waals surface area contributed by atoms with Crippen LogP contribution in [-0.4, -0.2) is 20.2 Å². The van der Waals surface area contributed by atoms with Crippen molar-refractivity contribution in [3.63, 3.8) is 0 Å². The molecule has 0 atom stereocenters. The zero-order valence-corrected chi connectivity index (χ0v) is 14.0. The minimum Gasteiger partial charge on any atom is -0.396 e. The maximum atomic E-state index is 14.5. The Morgan fingerprint density at radius 3 is 2.44 bits per heavy atom. The van der Waals surface area contributed by atoms with Crippen molar-refractivity contribution in [2.24, 2.45) is 0 Å². The third-order valence-electron chi connectivity index (χ3n) is 3.22. The predicted octanol–water partition coefficient (Wildman–Crippen LogP) is 4.01. The number of rotatable bonds is 2. The minimum atomic E-state index is -1.10. The summed E-state index contributed by atoms with van der Waals surface area (Å²) in [7, 11) is 0. The number of hydrogen-bond donors (Lipinski definition) is 1. The van der Waals surface area contributed by atoms with Gasteiger partial charge in [0.1, 0.15) is 23.5 Å². The fourth-order valence-electron chi connectivity index (χ4n) is 2.16. The molecule has 0 aliphatic rings. The van der Waals surface area contributed by atoms with Gasteiger partial charge in [0.25, 0.3) is 0 Å². The van der Waals surface area contributed by atoms with Crippen LogP contribution in [0.3, 0.4) is 0 Å². The first-order valence-electron chi connectivity index (χ1n) is 7.59. The van der Waals surface area contributed by atoms with Gasteiger partial charge in [-0.25, -0.2) is 18.7 Å². The lowest BCUT2D eigenvalue weighted by Crippen LogP contribution is -2.04. The number of fused-ring (bicyclic) bond motifs is 1. The number of imidazole rings is 1. The van der Waals surface area contributed by atoms with Gasteiger partial charge in [0.15, 0.2) is 11.6 Å². The number of carbonyl (C=O) groups is 1. The van der Waals surface area contributed by atoms with E-state index in [0.29, 0.717) is 0 Å². The van der Waals surface area contributed by atoms with Crippen LogP contribution < -0.4 is 5.73 Å². The van der Waals surface area contributed by atoms with Gasteiger partial charge in [-0.1, -0.05) is 20.3 Å². The van der Waals surface area contributed by atoms with E-state index in [2.05, 4.69) is 23.8 Å². The fourth-order valence-corrected chi connectivity index (χ4v) is 2.16. The van der Waals surface area contributed by atoms with Crippen LogP contribution in [0.2, 0.25) is 0 Å². The quantitative estimate of drug-likeness (QED) is 0.560. The number of nitrogen functional groups attached to an aromatic ring is 1. The van der Waals surface area contributed by atoms with Crippen LogP contribution in [0.1, 0.15) is 37.7 Å². The molecule has 2 N–H and O–H groups in total. The summed E-state index contributed by atoms with van der Waals surface area (Å²) in [6.45, 7) is 5.52. The van der Waals surface area contributed by atoms with Crippen molar-refractivity contribution in [1.82, 2.24) is 14.4 Å². The number of halogens is 3. The zero-order chi connectivity index (χ0) is 18.7. The number of carbonyl (C=O) groups excluding carboxylic acids is 1. The Kier molecular flexibility index (Phi) is 5.41. The van der Waals surface area contributed by atoms with E-state index < -0.39 is 28.8 Å². The summed E-state index contributed by atoms with van der Waals surface area (Å²) in [6.07, 6.45) is 3.43. The Labute approximate surface area is 142 Å². The highest BCUT2D eigenvalue weighted by Crippen LogP contribution is 2.30. The molecule has 0 radical (unpaired) electrons. The van der Waals surface area contributed by atoms with E-state index in [1.54, 1.807) is 0 Å². The molecule has 3 aromatic rings. The summed E-state index contributed by atoms with van der Waals surface area (Å²) in [5, 5.41) is 0. The zero-order valence-electron chi connectivity index (χ0n) is 14.0. The van der Waals surface area contributed by atoms with Crippen molar-refractivity contribution in [2.75, 3.05) is 5.73 Å². The normalized spacial score (nSPS) is 10.5. The Morgan fingerprint density at radius 1 is 1.20 bits per heavy atom. The number of ketones is 1. The number of aromatic nitrogens is 3. The first-order chi connectivity index (χ1) is 11.8. The minimum absolute atomic E-state index is 0.0199. The van der Waals surface area contributed by atoms with Crippen molar-refractivity contribution in [1.29, 1.82) is 0 Å². The highest BCUT2D eigenvalue weighted by molar-refractivity contribution is 5.98. The number of benzene rings is 1. The van der Waals surface area contributed by atoms with Crippen LogP contribution >= 0.6 is 0 Å². The summed E-state index contributed by atoms with van der Waals surface area (Å²) in [4.78, 5) is 18.9. The van der Waals surface area contributed by atoms with Crippen molar-refractivity contribution >= 4 is 17.0 Å². The lowest BCUT2D eigenvalue weighted by atomic mass is 10.1. The third-order valence-corrected chi connectivity index (χ3v) is 3.22. The van der Waals surface area contributed by atoms with Crippen molar-refractivity contribution in [2.45, 2.75) is 27.2 Å². The van der Waals surface area contributed by atoms with E-state index in [1.807, 2.05) is 0 Å². The Balaban J connectivity index is 0.000000701. The Morgan fingerprint density at radius 2 is 1.84 bits per heavy atom. The van der Waals surface area contributed by atoms with Gasteiger partial charge in [-0.3, -0.25) is 9.20 Å². The molecule has 25 heavy (non-hydrogen) atoms. The second kappa shape index (κ2) is 7.33. The van der Waals surface area contributed by atoms with E-state index in [-0.39, 0.29) is 22.7 Å². The van der Waals surface area contributed by atoms with Gasteiger partial charge in [0.05, 0.1) is 23.0 Å². The van der Waals surface area contributed by atoms with Gasteiger partial charge >= 0.3 is 0 Å². The number of anilines is 1. The van der Waals surface area contributed by atoms with E-state index >= 15 is 0 Å². The Bertz CT molecular complexity index is 937. The fraction of sp³-hybridized carbons (Fsp3) is 0.235. The summed E-state index contributed by atoms with van der Waals surface area (Å²) in [5.74, 6) is -3.51. The molecule has 0 saturated carbocycles. The van der Waals surface area contributed by atoms with E-state index in [4.69, 9.17) is 5.73 Å². The molecule has 5 nitrogen and oxygen atoms in total. The van der Waals surface area contributed by atoms with E-state index in [0.717, 1.165) is 29.1 Å². The van der Waals surface area contributed by atoms with Crippen LogP contribution in [0, 0.1) is 17.6 Å². The summed E-state index contributed by atoms with van der Waals surface area (Å²) < 4.78 is 43.3. The standard InChI is InChI=1S/C14H9F3N4O.C3H8/c1-6(22)12-9-4-19-13(14(17)21(9)5-20-12)10-7(15)2-3-8(18)11(10)16;1-3-2/h2-5H,18H2,1H3;3H2,1-2H3. The molecule has 1 aromatic carbocycles. The van der Waals surface area contributed by atoms with Gasteiger partial charge in [-0.2, -0.15) is 4.39 Å². The molecule has 0 saturated heterocycles. The van der Waals surface area contributed by atoms with E-state index in [1.165, 1.54) is 13.3 Å². The van der Waals surface area contributed by atoms with Crippen LogP contribution in [0.5, 0.6) is 0 Å². The molecular formula is C17H17F3N4O. The van der Waals surface area contributed by atoms with Gasteiger partial charge in [-0.15, -0.1) is 0 Å². The van der Waals surface area contributed by atoms with Crippen molar-refractivity contribution in [3.05, 3.63) is 47.9 Å². The molecule has 3 rings (SSSR count). The monoisotopic (exact) mass is 350 g/mol. The van der Waals surface area contributed by atoms with Gasteiger partial charge in [0, 0.05) is 6.92 Å². The van der Waals surface area contributed by atoms with E-state index in [9.17, 15) is 18.0 Å². The second-order valence-electron chi connectivity index (χ2n) is 5.33. The Hall–Kier alpha value is -2.90. The molecule has 2 aromatic heterocycles. The smallest absolute Gasteiger partial charge is 0.226 e. The van der Waals surface area contributed by atoms with Crippen LogP contribution in [0.4, 0.5) is 18.9 Å². The van der Waals surface area contributed by atoms with Gasteiger partial charge in [0.2, 0.25) is 5.95 Å². The average Bonchev–Trinajstić information content (AvgIpc) is 2.99. The maximum absolute atomic E-state index is 14.5. The molecule has 8 heteroatoms. The second-order valence-corrected chi connectivity index (χ2v) is 5.33. The number of Topliss-reactive ketones (excluding diaryl/α,β-unsaturated/α-hetero) is 1. The van der Waals surface area contributed by atoms with Gasteiger partial charge in [-0.05, 0) is 12.1 Å². The lowest BCUT2D eigenvalue weighted by molar-refractivity contribution is 0.101. The molecule has 0 unspecified atom stereocenters. The highest BCUT2D eigenvalue weighted by Gasteiger charge is 2.22. The highest BCUT2D eigenvalue weighted by atomic mass is 19.1. The number of hydrogen-bond acceptors (Lipinski definition) is 4. The predicted molar refractivity (Wildman–Crippen MR) is 88.7 cm³/mol. The molecule has 0 amide bonds. The third kappa shape index (κ3) is 3.33. The van der Waals surface area contributed by atoms with Gasteiger partial charge < -0.3 is 5.73 Å². The first kappa shape index (κ1) is 18.4.